The molecule has 0 spiro atoms. The Hall–Kier alpha value is -2.16. The highest BCUT2D eigenvalue weighted by atomic mass is 16.5. The van der Waals surface area contributed by atoms with Crippen molar-refractivity contribution in [3.8, 4) is 5.75 Å². The van der Waals surface area contributed by atoms with E-state index in [9.17, 15) is 5.11 Å². The molecule has 0 amide bonds. The zero-order valence-electron chi connectivity index (χ0n) is 24.7. The normalized spacial score (nSPS) is 21.6. The molecule has 1 aliphatic heterocycles. The summed E-state index contributed by atoms with van der Waals surface area (Å²) in [6.07, 6.45) is 6.85. The quantitative estimate of drug-likeness (QED) is 0.274. The predicted octanol–water partition coefficient (Wildman–Crippen LogP) is 5.51. The lowest BCUT2D eigenvalue weighted by Crippen LogP contribution is -2.39. The van der Waals surface area contributed by atoms with Crippen LogP contribution < -0.4 is 9.64 Å². The van der Waals surface area contributed by atoms with E-state index in [0.717, 1.165) is 68.8 Å². The number of methoxy groups -OCH3 is 2. The van der Waals surface area contributed by atoms with Crippen molar-refractivity contribution >= 4 is 5.69 Å². The van der Waals surface area contributed by atoms with Crippen molar-refractivity contribution in [2.24, 2.45) is 0 Å². The second kappa shape index (κ2) is 16.3. The van der Waals surface area contributed by atoms with Crippen molar-refractivity contribution in [3.05, 3.63) is 59.2 Å². The summed E-state index contributed by atoms with van der Waals surface area (Å²) < 4.78 is 29.3. The van der Waals surface area contributed by atoms with E-state index in [1.54, 1.807) is 14.2 Å². The van der Waals surface area contributed by atoms with Crippen LogP contribution in [0.25, 0.3) is 0 Å². The maximum Gasteiger partial charge on any atom is 0.142 e. The topological polar surface area (TPSA) is 69.6 Å². The van der Waals surface area contributed by atoms with Gasteiger partial charge in [-0.1, -0.05) is 43.7 Å². The fourth-order valence-electron chi connectivity index (χ4n) is 5.93. The SMILES string of the molecule is CCCCc1ccc([C@@H]2[C@@H](OCc3ccc4c(c3)N(CCCOC)CCO4)CCC[C@H]2OC[C@H](O)COC)cc1. The van der Waals surface area contributed by atoms with Gasteiger partial charge in [-0.05, 0) is 67.3 Å². The number of hydrogen-bond acceptors (Lipinski definition) is 7. The number of hydrogen-bond donors (Lipinski definition) is 1. The molecule has 0 bridgehead atoms. The molecule has 40 heavy (non-hydrogen) atoms. The van der Waals surface area contributed by atoms with Crippen LogP contribution in [-0.2, 0) is 32.0 Å². The van der Waals surface area contributed by atoms with Crippen molar-refractivity contribution in [1.29, 1.82) is 0 Å². The van der Waals surface area contributed by atoms with Gasteiger partial charge < -0.3 is 33.7 Å². The van der Waals surface area contributed by atoms with Crippen LogP contribution in [0.4, 0.5) is 5.69 Å². The molecular weight excluding hydrogens is 506 g/mol. The van der Waals surface area contributed by atoms with Crippen molar-refractivity contribution in [1.82, 2.24) is 0 Å². The van der Waals surface area contributed by atoms with Gasteiger partial charge in [0.2, 0.25) is 0 Å². The number of ether oxygens (including phenoxy) is 5. The largest absolute Gasteiger partial charge is 0.490 e. The molecule has 4 rings (SSSR count). The number of benzene rings is 2. The van der Waals surface area contributed by atoms with Crippen LogP contribution in [0.15, 0.2) is 42.5 Å². The molecule has 2 aromatic rings. The average Bonchev–Trinajstić information content (AvgIpc) is 2.98. The Morgan fingerprint density at radius 1 is 0.950 bits per heavy atom. The van der Waals surface area contributed by atoms with E-state index in [4.69, 9.17) is 23.7 Å². The highest BCUT2D eigenvalue weighted by Gasteiger charge is 2.36. The molecule has 1 N–H and O–H groups in total. The molecule has 1 heterocycles. The molecule has 4 atom stereocenters. The molecule has 7 heteroatoms. The maximum absolute atomic E-state index is 10.3. The molecular formula is C33H49NO6. The molecule has 2 aromatic carbocycles. The van der Waals surface area contributed by atoms with Gasteiger partial charge in [-0.15, -0.1) is 0 Å². The standard InChI is InChI=1S/C33H49NO6/c1-4-5-8-25-11-14-27(15-12-25)33-31(9-6-10-32(33)40-24-28(35)23-37-3)39-22-26-13-16-30-29(21-26)34(18-20-38-30)17-7-19-36-2/h11-16,21,28,31-33,35H,4-10,17-20,22-24H2,1-3H3/t28-,31+,32-,33-/m1/s1. The van der Waals surface area contributed by atoms with Crippen LogP contribution in [0.2, 0.25) is 0 Å². The summed E-state index contributed by atoms with van der Waals surface area (Å²) in [6, 6.07) is 15.4. The number of aliphatic hydroxyl groups excluding tert-OH is 1. The van der Waals surface area contributed by atoms with Crippen LogP contribution in [0, 0.1) is 0 Å². The molecule has 1 fully saturated rings. The van der Waals surface area contributed by atoms with Crippen molar-refractivity contribution in [2.45, 2.75) is 82.7 Å². The number of aryl methyl sites for hydroxylation is 1. The second-order valence-electron chi connectivity index (χ2n) is 11.1. The summed E-state index contributed by atoms with van der Waals surface area (Å²) in [5, 5.41) is 10.3. The minimum Gasteiger partial charge on any atom is -0.490 e. The zero-order valence-corrected chi connectivity index (χ0v) is 24.7. The minimum absolute atomic E-state index is 0.0139. The number of fused-ring (bicyclic) bond motifs is 1. The molecule has 0 aromatic heterocycles. The Morgan fingerprint density at radius 3 is 2.48 bits per heavy atom. The van der Waals surface area contributed by atoms with E-state index >= 15 is 0 Å². The average molecular weight is 556 g/mol. The van der Waals surface area contributed by atoms with Gasteiger partial charge in [-0.2, -0.15) is 0 Å². The summed E-state index contributed by atoms with van der Waals surface area (Å²) in [4.78, 5) is 2.39. The van der Waals surface area contributed by atoms with E-state index in [0.29, 0.717) is 13.2 Å². The van der Waals surface area contributed by atoms with Gasteiger partial charge in [0.25, 0.3) is 0 Å². The Labute approximate surface area is 240 Å². The van der Waals surface area contributed by atoms with E-state index in [2.05, 4.69) is 54.3 Å². The molecule has 1 aliphatic carbocycles. The Morgan fingerprint density at radius 2 is 1.73 bits per heavy atom. The third-order valence-electron chi connectivity index (χ3n) is 8.05. The van der Waals surface area contributed by atoms with Crippen molar-refractivity contribution in [2.75, 3.05) is 58.6 Å². The van der Waals surface area contributed by atoms with Gasteiger partial charge in [0.05, 0.1) is 44.3 Å². The molecule has 0 radical (unpaired) electrons. The van der Waals surface area contributed by atoms with Crippen molar-refractivity contribution < 1.29 is 28.8 Å². The van der Waals surface area contributed by atoms with Gasteiger partial charge in [0.15, 0.2) is 0 Å². The van der Waals surface area contributed by atoms with Crippen LogP contribution >= 0.6 is 0 Å². The molecule has 7 nitrogen and oxygen atoms in total. The summed E-state index contributed by atoms with van der Waals surface area (Å²) in [7, 11) is 3.35. The minimum atomic E-state index is -0.632. The van der Waals surface area contributed by atoms with Gasteiger partial charge in [0.1, 0.15) is 18.5 Å². The highest BCUT2D eigenvalue weighted by Crippen LogP contribution is 2.39. The third kappa shape index (κ3) is 8.67. The molecule has 0 unspecified atom stereocenters. The predicted molar refractivity (Wildman–Crippen MR) is 158 cm³/mol. The lowest BCUT2D eigenvalue weighted by molar-refractivity contribution is -0.0928. The Balaban J connectivity index is 1.48. The molecule has 1 saturated carbocycles. The first-order valence-corrected chi connectivity index (χ1v) is 15.1. The zero-order chi connectivity index (χ0) is 28.2. The summed E-state index contributed by atoms with van der Waals surface area (Å²) in [6.45, 7) is 6.59. The molecule has 0 saturated heterocycles. The second-order valence-corrected chi connectivity index (χ2v) is 11.1. The number of anilines is 1. The van der Waals surface area contributed by atoms with Crippen molar-refractivity contribution in [3.63, 3.8) is 0 Å². The van der Waals surface area contributed by atoms with Crippen LogP contribution in [0.1, 0.15) is 68.1 Å². The first-order valence-electron chi connectivity index (χ1n) is 15.1. The highest BCUT2D eigenvalue weighted by molar-refractivity contribution is 5.61. The number of rotatable bonds is 16. The summed E-state index contributed by atoms with van der Waals surface area (Å²) >= 11 is 0. The van der Waals surface area contributed by atoms with E-state index < -0.39 is 6.10 Å². The lowest BCUT2D eigenvalue weighted by Gasteiger charge is -2.39. The Kier molecular flexibility index (Phi) is 12.6. The maximum atomic E-state index is 10.3. The fraction of sp³-hybridized carbons (Fsp3) is 0.636. The van der Waals surface area contributed by atoms with E-state index in [1.165, 1.54) is 24.0 Å². The van der Waals surface area contributed by atoms with Gasteiger partial charge in [-0.3, -0.25) is 0 Å². The lowest BCUT2D eigenvalue weighted by atomic mass is 9.79. The van der Waals surface area contributed by atoms with Gasteiger partial charge >= 0.3 is 0 Å². The first kappa shape index (κ1) is 30.8. The number of unbranched alkanes of at least 4 members (excludes halogenated alkanes) is 1. The summed E-state index contributed by atoms with van der Waals surface area (Å²) in [5.41, 5.74) is 4.91. The van der Waals surface area contributed by atoms with Crippen LogP contribution in [0.3, 0.4) is 0 Å². The van der Waals surface area contributed by atoms with E-state index in [-0.39, 0.29) is 31.3 Å². The fourth-order valence-corrected chi connectivity index (χ4v) is 5.93. The third-order valence-corrected chi connectivity index (χ3v) is 8.05. The van der Waals surface area contributed by atoms with Crippen LogP contribution in [0.5, 0.6) is 5.75 Å². The van der Waals surface area contributed by atoms with Gasteiger partial charge in [-0.25, -0.2) is 0 Å². The number of aliphatic hydroxyl groups is 1. The monoisotopic (exact) mass is 555 g/mol. The summed E-state index contributed by atoms with van der Waals surface area (Å²) in [5.74, 6) is 1.05. The molecule has 222 valence electrons. The smallest absolute Gasteiger partial charge is 0.142 e. The van der Waals surface area contributed by atoms with Gasteiger partial charge in [0, 0.05) is 33.3 Å². The number of nitrogens with zero attached hydrogens (tertiary/aromatic N) is 1. The first-order chi connectivity index (χ1) is 19.6. The van der Waals surface area contributed by atoms with E-state index in [1.807, 2.05) is 0 Å². The van der Waals surface area contributed by atoms with Crippen LogP contribution in [-0.4, -0.2) is 77.2 Å². The Bertz CT molecular complexity index is 999. The molecule has 2 aliphatic rings.